The van der Waals surface area contributed by atoms with E-state index in [4.69, 9.17) is 11.6 Å². The molecule has 1 aliphatic heterocycles. The third-order valence-corrected chi connectivity index (χ3v) is 4.23. The third kappa shape index (κ3) is 2.74. The Morgan fingerprint density at radius 1 is 1.39 bits per heavy atom. The van der Waals surface area contributed by atoms with Crippen molar-refractivity contribution in [1.29, 1.82) is 0 Å². The average Bonchev–Trinajstić information content (AvgIpc) is 2.50. The second-order valence-electron chi connectivity index (χ2n) is 5.38. The van der Waals surface area contributed by atoms with Gasteiger partial charge in [-0.1, -0.05) is 11.6 Å². The molecule has 0 spiro atoms. The average molecular weight is 344 g/mol. The Kier molecular flexibility index (Phi) is 3.71. The number of halogens is 3. The minimum absolute atomic E-state index is 0.0148. The van der Waals surface area contributed by atoms with Crippen molar-refractivity contribution in [3.8, 4) is 5.75 Å². The van der Waals surface area contributed by atoms with Crippen molar-refractivity contribution in [2.75, 3.05) is 18.0 Å². The molecule has 1 aromatic heterocycles. The number of nitro benzene ring substituents is 1. The number of nitro groups is 1. The summed E-state index contributed by atoms with van der Waals surface area (Å²) in [5.74, 6) is -3.28. The maximum absolute atomic E-state index is 13.3. The van der Waals surface area contributed by atoms with E-state index in [0.717, 1.165) is 6.07 Å². The van der Waals surface area contributed by atoms with E-state index >= 15 is 0 Å². The molecule has 9 heteroatoms. The molecule has 0 amide bonds. The summed E-state index contributed by atoms with van der Waals surface area (Å²) in [6, 6.07) is 2.64. The fourth-order valence-corrected chi connectivity index (χ4v) is 3.02. The minimum Gasteiger partial charge on any atom is -0.501 e. The van der Waals surface area contributed by atoms with Gasteiger partial charge in [0.05, 0.1) is 9.95 Å². The lowest BCUT2D eigenvalue weighted by Gasteiger charge is -2.34. The number of hydrogen-bond donors (Lipinski definition) is 1. The van der Waals surface area contributed by atoms with Crippen LogP contribution >= 0.6 is 11.6 Å². The molecule has 23 heavy (non-hydrogen) atoms. The van der Waals surface area contributed by atoms with Crippen LogP contribution in [0.25, 0.3) is 10.9 Å². The molecule has 0 unspecified atom stereocenters. The lowest BCUT2D eigenvalue weighted by molar-refractivity contribution is -0.385. The van der Waals surface area contributed by atoms with Gasteiger partial charge in [0.1, 0.15) is 5.52 Å². The Balaban J connectivity index is 2.13. The number of rotatable bonds is 2. The molecule has 0 bridgehead atoms. The highest BCUT2D eigenvalue weighted by Gasteiger charge is 2.35. The fraction of sp³-hybridized carbons (Fsp3) is 0.357. The van der Waals surface area contributed by atoms with Crippen LogP contribution < -0.4 is 4.90 Å². The number of pyridine rings is 1. The van der Waals surface area contributed by atoms with Crippen molar-refractivity contribution in [1.82, 2.24) is 4.98 Å². The van der Waals surface area contributed by atoms with Crippen LogP contribution in [0.1, 0.15) is 12.8 Å². The number of benzene rings is 1. The number of aromatic hydroxyl groups is 1. The van der Waals surface area contributed by atoms with Crippen LogP contribution in [0.15, 0.2) is 18.3 Å². The zero-order valence-electron chi connectivity index (χ0n) is 11.8. The number of piperidine rings is 1. The molecule has 2 heterocycles. The van der Waals surface area contributed by atoms with E-state index < -0.39 is 22.3 Å². The Bertz CT molecular complexity index is 790. The Morgan fingerprint density at radius 3 is 2.65 bits per heavy atom. The fourth-order valence-electron chi connectivity index (χ4n) is 2.73. The predicted molar refractivity (Wildman–Crippen MR) is 81.5 cm³/mol. The molecule has 1 aromatic carbocycles. The summed E-state index contributed by atoms with van der Waals surface area (Å²) in [5.41, 5.74) is -0.0305. The largest absolute Gasteiger partial charge is 0.501 e. The smallest absolute Gasteiger partial charge is 0.314 e. The molecule has 6 nitrogen and oxygen atoms in total. The number of hydrogen-bond acceptors (Lipinski definition) is 5. The maximum Gasteiger partial charge on any atom is 0.314 e. The molecule has 1 N–H and O–H groups in total. The van der Waals surface area contributed by atoms with Crippen LogP contribution in [0.5, 0.6) is 5.75 Å². The molecule has 1 saturated heterocycles. The number of anilines is 1. The molecule has 122 valence electrons. The number of alkyl halides is 2. The first kappa shape index (κ1) is 15.7. The highest BCUT2D eigenvalue weighted by Crippen LogP contribution is 2.43. The highest BCUT2D eigenvalue weighted by molar-refractivity contribution is 6.37. The lowest BCUT2D eigenvalue weighted by atomic mass is 10.0. The first-order chi connectivity index (χ1) is 10.8. The summed E-state index contributed by atoms with van der Waals surface area (Å²) in [4.78, 5) is 15.9. The zero-order valence-corrected chi connectivity index (χ0v) is 12.6. The topological polar surface area (TPSA) is 79.5 Å². The van der Waals surface area contributed by atoms with Gasteiger partial charge in [-0.3, -0.25) is 15.1 Å². The molecular weight excluding hydrogens is 332 g/mol. The van der Waals surface area contributed by atoms with Crippen molar-refractivity contribution in [3.63, 3.8) is 0 Å². The van der Waals surface area contributed by atoms with Crippen LogP contribution in [-0.4, -0.2) is 34.0 Å². The number of phenolic OH excluding ortho intramolecular Hbond substituents is 1. The molecule has 2 aromatic rings. The first-order valence-corrected chi connectivity index (χ1v) is 7.25. The van der Waals surface area contributed by atoms with Gasteiger partial charge in [0.25, 0.3) is 5.92 Å². The van der Waals surface area contributed by atoms with Gasteiger partial charge in [-0.05, 0) is 6.07 Å². The molecule has 0 saturated carbocycles. The summed E-state index contributed by atoms with van der Waals surface area (Å²) in [5, 5.41) is 21.4. The van der Waals surface area contributed by atoms with Crippen molar-refractivity contribution in [2.24, 2.45) is 0 Å². The monoisotopic (exact) mass is 343 g/mol. The molecule has 0 radical (unpaired) electrons. The summed E-state index contributed by atoms with van der Waals surface area (Å²) < 4.78 is 26.6. The highest BCUT2D eigenvalue weighted by atomic mass is 35.5. The first-order valence-electron chi connectivity index (χ1n) is 6.87. The van der Waals surface area contributed by atoms with Gasteiger partial charge >= 0.3 is 5.69 Å². The van der Waals surface area contributed by atoms with Gasteiger partial charge in [-0.15, -0.1) is 0 Å². The van der Waals surface area contributed by atoms with E-state index in [9.17, 15) is 24.0 Å². The zero-order chi connectivity index (χ0) is 16.8. The second-order valence-corrected chi connectivity index (χ2v) is 5.79. The van der Waals surface area contributed by atoms with Gasteiger partial charge in [-0.25, -0.2) is 8.78 Å². The van der Waals surface area contributed by atoms with Crippen LogP contribution in [0, 0.1) is 10.1 Å². The van der Waals surface area contributed by atoms with Gasteiger partial charge in [-0.2, -0.15) is 0 Å². The van der Waals surface area contributed by atoms with Crippen molar-refractivity contribution < 1.29 is 18.8 Å². The summed E-state index contributed by atoms with van der Waals surface area (Å²) in [6.45, 7) is 0.250. The molecular formula is C14H12ClF2N3O3. The van der Waals surface area contributed by atoms with Crippen molar-refractivity contribution >= 4 is 33.9 Å². The van der Waals surface area contributed by atoms with E-state index in [1.165, 1.54) is 6.20 Å². The van der Waals surface area contributed by atoms with Gasteiger partial charge in [0.2, 0.25) is 5.75 Å². The molecule has 0 atom stereocenters. The number of phenols is 1. The molecule has 1 aliphatic rings. The lowest BCUT2D eigenvalue weighted by Crippen LogP contribution is -2.39. The van der Waals surface area contributed by atoms with Crippen LogP contribution in [0.2, 0.25) is 5.02 Å². The van der Waals surface area contributed by atoms with Gasteiger partial charge in [0.15, 0.2) is 0 Å². The maximum atomic E-state index is 13.3. The minimum atomic E-state index is -2.69. The van der Waals surface area contributed by atoms with Gasteiger partial charge < -0.3 is 10.0 Å². The quantitative estimate of drug-likeness (QED) is 0.663. The molecule has 3 rings (SSSR count). The number of nitrogens with zero attached hydrogens (tertiary/aromatic N) is 3. The van der Waals surface area contributed by atoms with Crippen molar-refractivity contribution in [2.45, 2.75) is 18.8 Å². The van der Waals surface area contributed by atoms with E-state index in [1.54, 1.807) is 11.0 Å². The summed E-state index contributed by atoms with van der Waals surface area (Å²) in [6.07, 6.45) is 0.797. The van der Waals surface area contributed by atoms with Crippen molar-refractivity contribution in [3.05, 3.63) is 33.5 Å². The normalized spacial score (nSPS) is 17.4. The van der Waals surface area contributed by atoms with Gasteiger partial charge in [0, 0.05) is 49.3 Å². The third-order valence-electron chi connectivity index (χ3n) is 3.93. The predicted octanol–water partition coefficient (Wildman–Crippen LogP) is 3.74. The Labute approximate surface area is 134 Å². The molecule has 0 aliphatic carbocycles. The second kappa shape index (κ2) is 5.45. The van der Waals surface area contributed by atoms with Crippen LogP contribution in [-0.2, 0) is 0 Å². The Hall–Kier alpha value is -2.22. The SMILES string of the molecule is O=[N+]([O-])c1cc(Cl)c2c(N3CCC(F)(F)CC3)ccnc2c1O. The van der Waals surface area contributed by atoms with E-state index in [0.29, 0.717) is 11.1 Å². The van der Waals surface area contributed by atoms with E-state index in [2.05, 4.69) is 4.98 Å². The summed E-state index contributed by atoms with van der Waals surface area (Å²) >= 11 is 6.13. The van der Waals surface area contributed by atoms with Crippen LogP contribution in [0.3, 0.4) is 0 Å². The van der Waals surface area contributed by atoms with E-state index in [1.807, 2.05) is 0 Å². The summed E-state index contributed by atoms with van der Waals surface area (Å²) in [7, 11) is 0. The number of aromatic nitrogens is 1. The number of fused-ring (bicyclic) bond motifs is 1. The Morgan fingerprint density at radius 2 is 2.04 bits per heavy atom. The molecule has 1 fully saturated rings. The standard InChI is InChI=1S/C14H12ClF2N3O3/c15-8-7-10(20(22)23)13(21)12-11(8)9(1-4-18-12)19-5-2-14(16,17)3-6-19/h1,4,7,21H,2-3,5-6H2. The van der Waals surface area contributed by atoms with Crippen LogP contribution in [0.4, 0.5) is 20.2 Å². The van der Waals surface area contributed by atoms with E-state index in [-0.39, 0.29) is 36.5 Å².